The lowest BCUT2D eigenvalue weighted by molar-refractivity contribution is -0.142. The number of allylic oxidation sites excluding steroid dienone is 2. The zero-order valence-electron chi connectivity index (χ0n) is 37.6. The Kier molecular flexibility index (Phi) is 18.2. The Morgan fingerprint density at radius 1 is 0.742 bits per heavy atom. The third-order valence-corrected chi connectivity index (χ3v) is 12.7. The highest BCUT2D eigenvalue weighted by atomic mass is 16.4. The number of hydrogen-bond donors (Lipinski definition) is 1. The summed E-state index contributed by atoms with van der Waals surface area (Å²) in [5.41, 5.74) is 5.25. The lowest BCUT2D eigenvalue weighted by atomic mass is 9.93. The predicted octanol–water partition coefficient (Wildman–Crippen LogP) is 12.5. The van der Waals surface area contributed by atoms with Crippen LogP contribution in [0.3, 0.4) is 0 Å². The van der Waals surface area contributed by atoms with E-state index in [1.54, 1.807) is 0 Å². The molecule has 1 aliphatic heterocycles. The van der Waals surface area contributed by atoms with Gasteiger partial charge in [-0.05, 0) is 85.9 Å². The van der Waals surface area contributed by atoms with E-state index in [4.69, 9.17) is 0 Å². The fourth-order valence-electron chi connectivity index (χ4n) is 9.12. The molecule has 2 unspecified atom stereocenters. The molecule has 0 radical (unpaired) electrons. The fraction of sp³-hybridized carbons (Fsp3) is 0.491. The Morgan fingerprint density at radius 2 is 1.42 bits per heavy atom. The second kappa shape index (κ2) is 24.0. The molecule has 62 heavy (non-hydrogen) atoms. The first kappa shape index (κ1) is 47.2. The van der Waals surface area contributed by atoms with Crippen LogP contribution in [0.15, 0.2) is 83.6 Å². The molecule has 1 N–H and O–H groups in total. The van der Waals surface area contributed by atoms with Crippen LogP contribution >= 0.6 is 0 Å². The molecule has 0 aliphatic carbocycles. The number of carboxylic acids is 1. The summed E-state index contributed by atoms with van der Waals surface area (Å²) in [6.07, 6.45) is 15.6. The number of carboxylic acid groups (broad SMARTS) is 1. The molecule has 0 saturated heterocycles. The van der Waals surface area contributed by atoms with Crippen molar-refractivity contribution in [2.75, 3.05) is 24.5 Å². The summed E-state index contributed by atoms with van der Waals surface area (Å²) in [7, 11) is 0. The van der Waals surface area contributed by atoms with Gasteiger partial charge >= 0.3 is 5.97 Å². The molecule has 326 valence electrons. The van der Waals surface area contributed by atoms with Crippen LogP contribution in [0.4, 0.5) is 5.69 Å². The van der Waals surface area contributed by atoms with Crippen molar-refractivity contribution in [2.24, 2.45) is 11.8 Å². The maximum atomic E-state index is 14.0. The quantitative estimate of drug-likeness (QED) is 0.0491. The molecule has 4 aromatic rings. The monoisotopic (exact) mass is 835 g/mol. The van der Waals surface area contributed by atoms with Crippen LogP contribution < -0.4 is 4.90 Å². The van der Waals surface area contributed by atoms with Crippen molar-refractivity contribution in [3.63, 3.8) is 0 Å². The van der Waals surface area contributed by atoms with Crippen molar-refractivity contribution in [3.8, 4) is 18.2 Å². The minimum atomic E-state index is -0.761. The lowest BCUT2D eigenvalue weighted by Gasteiger charge is -2.30. The fourth-order valence-corrected chi connectivity index (χ4v) is 9.12. The average molecular weight is 835 g/mol. The normalized spacial score (nSPS) is 13.7. The summed E-state index contributed by atoms with van der Waals surface area (Å²) in [6, 6.07) is 28.8. The first-order valence-corrected chi connectivity index (χ1v) is 23.3. The largest absolute Gasteiger partial charge is 0.481 e. The molecule has 0 bridgehead atoms. The van der Waals surface area contributed by atoms with Crippen molar-refractivity contribution in [2.45, 2.75) is 137 Å². The molecule has 1 aliphatic rings. The Morgan fingerprint density at radius 3 is 2.06 bits per heavy atom. The van der Waals surface area contributed by atoms with E-state index in [1.165, 1.54) is 46.0 Å². The van der Waals surface area contributed by atoms with Gasteiger partial charge in [0.2, 0.25) is 0 Å². The number of unbranched alkanes of at least 4 members (excludes halogenated alkanes) is 8. The highest BCUT2D eigenvalue weighted by molar-refractivity contribution is 6.26. The number of para-hydroxylation sites is 1. The molecule has 1 aromatic heterocycles. The number of fused-ring (bicyclic) bond motifs is 3. The zero-order valence-corrected chi connectivity index (χ0v) is 37.6. The van der Waals surface area contributed by atoms with E-state index in [0.29, 0.717) is 37.3 Å². The van der Waals surface area contributed by atoms with Crippen molar-refractivity contribution in [3.05, 3.63) is 94.7 Å². The molecule has 9 nitrogen and oxygen atoms in total. The third kappa shape index (κ3) is 11.5. The average Bonchev–Trinajstić information content (AvgIpc) is 3.75. The Balaban J connectivity index is 1.32. The van der Waals surface area contributed by atoms with Gasteiger partial charge in [0.15, 0.2) is 5.57 Å². The number of anilines is 1. The number of aliphatic carboxylic acids is 1. The SMILES string of the molecule is CCCCCCN1C(=O)C(c2ccc(N(CCCCC(Cc3ccc4c(c3)c3ccccc3n4CCCCCC)C(=O)O)CC(CC)CCCC)cc2)=C(C#N)C1=C(C#N)C#N. The van der Waals surface area contributed by atoms with Crippen molar-refractivity contribution in [1.29, 1.82) is 15.8 Å². The second-order valence-electron chi connectivity index (χ2n) is 17.1. The van der Waals surface area contributed by atoms with Gasteiger partial charge in [0.25, 0.3) is 5.91 Å². The molecular weight excluding hydrogens is 769 g/mol. The van der Waals surface area contributed by atoms with Gasteiger partial charge in [0, 0.05) is 53.7 Å². The van der Waals surface area contributed by atoms with E-state index in [-0.39, 0.29) is 28.3 Å². The molecule has 0 saturated carbocycles. The number of nitriles is 3. The number of hydrogen-bond acceptors (Lipinski definition) is 6. The number of aryl methyl sites for hydroxylation is 1. The second-order valence-corrected chi connectivity index (χ2v) is 17.1. The van der Waals surface area contributed by atoms with Crippen LogP contribution in [0, 0.1) is 45.8 Å². The minimum absolute atomic E-state index is 0.0660. The molecule has 0 fully saturated rings. The Hall–Kier alpha value is -5.85. The van der Waals surface area contributed by atoms with Crippen LogP contribution in [-0.4, -0.2) is 46.1 Å². The predicted molar refractivity (Wildman–Crippen MR) is 251 cm³/mol. The van der Waals surface area contributed by atoms with Gasteiger partial charge in [0.1, 0.15) is 18.2 Å². The van der Waals surface area contributed by atoms with Crippen molar-refractivity contribution >= 4 is 44.9 Å². The molecule has 9 heteroatoms. The topological polar surface area (TPSA) is 137 Å². The van der Waals surface area contributed by atoms with Gasteiger partial charge in [-0.3, -0.25) is 9.59 Å². The van der Waals surface area contributed by atoms with Gasteiger partial charge in [-0.1, -0.05) is 128 Å². The van der Waals surface area contributed by atoms with E-state index < -0.39 is 11.9 Å². The Labute approximate surface area is 369 Å². The van der Waals surface area contributed by atoms with Gasteiger partial charge in [-0.2, -0.15) is 15.8 Å². The molecule has 2 atom stereocenters. The number of aromatic nitrogens is 1. The summed E-state index contributed by atoms with van der Waals surface area (Å²) in [4.78, 5) is 30.5. The standard InChI is InChI=1S/C53H66N6O3/c1-5-9-12-17-31-58-48-23-15-14-22-45(48)46-34-40(24-29-49(46)58)33-42(53(61)62)21-16-19-30-57(38-39(8-4)20-11-7-3)44-27-25-41(26-28-44)50-47(37-56)51(43(35-54)36-55)59(52(50)60)32-18-13-10-6-2/h14-15,22-29,34,39,42H,5-13,16-21,30-33,38H2,1-4H3,(H,61,62). The van der Waals surface area contributed by atoms with Crippen LogP contribution in [0.2, 0.25) is 0 Å². The number of nitrogens with zero attached hydrogens (tertiary/aromatic N) is 6. The maximum Gasteiger partial charge on any atom is 0.306 e. The van der Waals surface area contributed by atoms with E-state index >= 15 is 0 Å². The highest BCUT2D eigenvalue weighted by Gasteiger charge is 2.38. The van der Waals surface area contributed by atoms with Crippen LogP contribution in [0.25, 0.3) is 27.4 Å². The van der Waals surface area contributed by atoms with Gasteiger partial charge < -0.3 is 19.5 Å². The summed E-state index contributed by atoms with van der Waals surface area (Å²) >= 11 is 0. The maximum absolute atomic E-state index is 14.0. The van der Waals surface area contributed by atoms with E-state index in [0.717, 1.165) is 95.1 Å². The van der Waals surface area contributed by atoms with Crippen LogP contribution in [0.5, 0.6) is 0 Å². The minimum Gasteiger partial charge on any atom is -0.481 e. The van der Waals surface area contributed by atoms with Gasteiger partial charge in [-0.15, -0.1) is 0 Å². The number of rotatable bonds is 26. The summed E-state index contributed by atoms with van der Waals surface area (Å²) in [6.45, 7) is 11.7. The number of carbonyl (C=O) groups excluding carboxylic acids is 1. The number of amides is 1. The van der Waals surface area contributed by atoms with Crippen LogP contribution in [-0.2, 0) is 22.6 Å². The number of benzene rings is 3. The van der Waals surface area contributed by atoms with E-state index in [9.17, 15) is 30.5 Å². The van der Waals surface area contributed by atoms with E-state index in [2.05, 4.69) is 85.7 Å². The number of carbonyl (C=O) groups is 2. The summed E-state index contributed by atoms with van der Waals surface area (Å²) < 4.78 is 2.43. The molecule has 3 aromatic carbocycles. The first-order chi connectivity index (χ1) is 30.2. The summed E-state index contributed by atoms with van der Waals surface area (Å²) in [5, 5.41) is 42.7. The third-order valence-electron chi connectivity index (χ3n) is 12.7. The van der Waals surface area contributed by atoms with Crippen molar-refractivity contribution in [1.82, 2.24) is 9.47 Å². The molecule has 1 amide bonds. The highest BCUT2D eigenvalue weighted by Crippen LogP contribution is 2.38. The lowest BCUT2D eigenvalue weighted by Crippen LogP contribution is -2.30. The van der Waals surface area contributed by atoms with Crippen LogP contribution in [0.1, 0.15) is 135 Å². The van der Waals surface area contributed by atoms with E-state index in [1.807, 2.05) is 36.4 Å². The molecule has 2 heterocycles. The first-order valence-electron chi connectivity index (χ1n) is 23.3. The van der Waals surface area contributed by atoms with Gasteiger partial charge in [0.05, 0.1) is 22.8 Å². The molecule has 0 spiro atoms. The summed E-state index contributed by atoms with van der Waals surface area (Å²) in [5.74, 6) is -1.12. The van der Waals surface area contributed by atoms with Crippen molar-refractivity contribution < 1.29 is 14.7 Å². The molecule has 5 rings (SSSR count). The van der Waals surface area contributed by atoms with Gasteiger partial charge in [-0.25, -0.2) is 0 Å². The molecular formula is C53H66N6O3. The smallest absolute Gasteiger partial charge is 0.306 e. The zero-order chi connectivity index (χ0) is 44.4. The Bertz CT molecular complexity index is 2320.